The Morgan fingerprint density at radius 3 is 2.67 bits per heavy atom. The Morgan fingerprint density at radius 1 is 1.39 bits per heavy atom. The summed E-state index contributed by atoms with van der Waals surface area (Å²) in [7, 11) is 0. The van der Waals surface area contributed by atoms with Crippen molar-refractivity contribution in [1.29, 1.82) is 5.26 Å². The van der Waals surface area contributed by atoms with E-state index < -0.39 is 5.91 Å². The van der Waals surface area contributed by atoms with Gasteiger partial charge in [0.05, 0.1) is 0 Å². The summed E-state index contributed by atoms with van der Waals surface area (Å²) in [5.74, 6) is -0.940. The molecule has 5 nitrogen and oxygen atoms in total. The Morgan fingerprint density at radius 2 is 2.11 bits per heavy atom. The number of rotatable bonds is 3. The van der Waals surface area contributed by atoms with Gasteiger partial charge in [0.2, 0.25) is 0 Å². The van der Waals surface area contributed by atoms with Crippen LogP contribution in [0.15, 0.2) is 23.8 Å². The maximum atomic E-state index is 11.7. The molecule has 0 radical (unpaired) electrons. The number of aromatic hydroxyl groups is 2. The van der Waals surface area contributed by atoms with Crippen molar-refractivity contribution < 1.29 is 15.0 Å². The third kappa shape index (κ3) is 2.80. The number of phenolic OH excluding ortho intramolecular Hbond substituents is 2. The van der Waals surface area contributed by atoms with Gasteiger partial charge in [-0.15, -0.1) is 0 Å². The summed E-state index contributed by atoms with van der Waals surface area (Å²) < 4.78 is 0. The molecule has 0 atom stereocenters. The zero-order chi connectivity index (χ0) is 13.1. The van der Waals surface area contributed by atoms with Crippen LogP contribution in [0.3, 0.4) is 0 Å². The van der Waals surface area contributed by atoms with Gasteiger partial charge in [-0.2, -0.15) is 5.26 Å². The fraction of sp³-hybridized carbons (Fsp3) is 0.231. The Kier molecular flexibility index (Phi) is 3.20. The van der Waals surface area contributed by atoms with Gasteiger partial charge in [-0.1, -0.05) is 6.07 Å². The average Bonchev–Trinajstić information content (AvgIpc) is 3.14. The largest absolute Gasteiger partial charge is 0.504 e. The molecule has 0 saturated heterocycles. The van der Waals surface area contributed by atoms with Crippen LogP contribution in [0.4, 0.5) is 0 Å². The highest BCUT2D eigenvalue weighted by molar-refractivity contribution is 6.02. The number of benzene rings is 1. The van der Waals surface area contributed by atoms with Crippen LogP contribution in [0, 0.1) is 11.3 Å². The van der Waals surface area contributed by atoms with Crippen molar-refractivity contribution in [2.24, 2.45) is 0 Å². The first kappa shape index (κ1) is 12.0. The molecule has 18 heavy (non-hydrogen) atoms. The lowest BCUT2D eigenvalue weighted by Crippen LogP contribution is -2.26. The highest BCUT2D eigenvalue weighted by Gasteiger charge is 2.24. The van der Waals surface area contributed by atoms with Gasteiger partial charge in [0, 0.05) is 6.04 Å². The van der Waals surface area contributed by atoms with E-state index in [0.717, 1.165) is 12.8 Å². The van der Waals surface area contributed by atoms with Gasteiger partial charge in [-0.05, 0) is 36.6 Å². The number of nitrogens with one attached hydrogen (secondary N) is 1. The van der Waals surface area contributed by atoms with E-state index in [1.807, 2.05) is 6.07 Å². The van der Waals surface area contributed by atoms with Gasteiger partial charge in [0.1, 0.15) is 11.6 Å². The molecule has 1 aromatic rings. The van der Waals surface area contributed by atoms with Crippen molar-refractivity contribution in [3.8, 4) is 17.6 Å². The number of phenols is 2. The van der Waals surface area contributed by atoms with Crippen molar-refractivity contribution in [3.63, 3.8) is 0 Å². The molecule has 0 spiro atoms. The Labute approximate surface area is 104 Å². The minimum Gasteiger partial charge on any atom is -0.504 e. The van der Waals surface area contributed by atoms with Gasteiger partial charge in [-0.25, -0.2) is 0 Å². The van der Waals surface area contributed by atoms with Gasteiger partial charge >= 0.3 is 0 Å². The zero-order valence-electron chi connectivity index (χ0n) is 9.55. The van der Waals surface area contributed by atoms with E-state index >= 15 is 0 Å². The van der Waals surface area contributed by atoms with Crippen molar-refractivity contribution in [2.75, 3.05) is 0 Å². The fourth-order valence-corrected chi connectivity index (χ4v) is 1.44. The first-order valence-electron chi connectivity index (χ1n) is 5.55. The highest BCUT2D eigenvalue weighted by Crippen LogP contribution is 2.26. The molecule has 1 amide bonds. The molecule has 1 aliphatic rings. The smallest absolute Gasteiger partial charge is 0.262 e. The molecule has 1 aromatic carbocycles. The molecule has 1 fully saturated rings. The molecule has 3 N–H and O–H groups in total. The van der Waals surface area contributed by atoms with E-state index in [2.05, 4.69) is 5.32 Å². The van der Waals surface area contributed by atoms with Crippen LogP contribution >= 0.6 is 0 Å². The van der Waals surface area contributed by atoms with Crippen LogP contribution in [0.2, 0.25) is 0 Å². The van der Waals surface area contributed by atoms with Crippen LogP contribution in [-0.2, 0) is 4.79 Å². The van der Waals surface area contributed by atoms with Gasteiger partial charge in [0.15, 0.2) is 11.5 Å². The summed E-state index contributed by atoms with van der Waals surface area (Å²) in [6, 6.07) is 6.11. The molecule has 2 rings (SSSR count). The van der Waals surface area contributed by atoms with E-state index in [-0.39, 0.29) is 23.1 Å². The number of nitrogens with zero attached hydrogens (tertiary/aromatic N) is 1. The second-order valence-corrected chi connectivity index (χ2v) is 4.17. The minimum atomic E-state index is -0.410. The second kappa shape index (κ2) is 4.80. The first-order chi connectivity index (χ1) is 8.60. The maximum Gasteiger partial charge on any atom is 0.262 e. The molecule has 1 saturated carbocycles. The number of amides is 1. The summed E-state index contributed by atoms with van der Waals surface area (Å²) in [6.45, 7) is 0. The Hall–Kier alpha value is -2.48. The predicted octanol–water partition coefficient (Wildman–Crippen LogP) is 1.28. The molecular weight excluding hydrogens is 232 g/mol. The van der Waals surface area contributed by atoms with Crippen LogP contribution in [0.25, 0.3) is 6.08 Å². The van der Waals surface area contributed by atoms with E-state index in [1.165, 1.54) is 24.3 Å². The van der Waals surface area contributed by atoms with E-state index in [4.69, 9.17) is 10.4 Å². The lowest BCUT2D eigenvalue weighted by atomic mass is 10.1. The van der Waals surface area contributed by atoms with Crippen LogP contribution in [0.1, 0.15) is 18.4 Å². The molecule has 0 aliphatic heterocycles. The average molecular weight is 244 g/mol. The topological polar surface area (TPSA) is 93.3 Å². The van der Waals surface area contributed by atoms with E-state index in [0.29, 0.717) is 5.56 Å². The van der Waals surface area contributed by atoms with Crippen molar-refractivity contribution in [1.82, 2.24) is 5.32 Å². The number of hydrogen-bond donors (Lipinski definition) is 3. The normalized spacial score (nSPS) is 14.9. The van der Waals surface area contributed by atoms with Gasteiger partial charge in [0.25, 0.3) is 5.91 Å². The third-order valence-electron chi connectivity index (χ3n) is 2.59. The van der Waals surface area contributed by atoms with Crippen LogP contribution < -0.4 is 5.32 Å². The molecule has 92 valence electrons. The van der Waals surface area contributed by atoms with Crippen LogP contribution in [0.5, 0.6) is 11.5 Å². The van der Waals surface area contributed by atoms with E-state index in [1.54, 1.807) is 0 Å². The standard InChI is InChI=1S/C13H12N2O3/c14-7-9(13(18)15-10-2-3-10)5-8-1-4-11(16)12(17)6-8/h1,4-6,10,16-17H,2-3H2,(H,15,18)/b9-5+. The number of carbonyl (C=O) groups is 1. The Balaban J connectivity index is 2.19. The lowest BCUT2D eigenvalue weighted by molar-refractivity contribution is -0.117. The monoisotopic (exact) mass is 244 g/mol. The van der Waals surface area contributed by atoms with Crippen molar-refractivity contribution in [3.05, 3.63) is 29.3 Å². The molecule has 0 aromatic heterocycles. The number of hydrogen-bond acceptors (Lipinski definition) is 4. The van der Waals surface area contributed by atoms with Gasteiger partial charge in [-0.3, -0.25) is 4.79 Å². The minimum absolute atomic E-state index is 0.0213. The third-order valence-corrected chi connectivity index (χ3v) is 2.59. The lowest BCUT2D eigenvalue weighted by Gasteiger charge is -2.02. The first-order valence-corrected chi connectivity index (χ1v) is 5.55. The van der Waals surface area contributed by atoms with Crippen LogP contribution in [-0.4, -0.2) is 22.2 Å². The summed E-state index contributed by atoms with van der Waals surface area (Å²) in [5.41, 5.74) is 0.458. The summed E-state index contributed by atoms with van der Waals surface area (Å²) in [4.78, 5) is 11.7. The van der Waals surface area contributed by atoms with Crippen molar-refractivity contribution in [2.45, 2.75) is 18.9 Å². The summed E-state index contributed by atoms with van der Waals surface area (Å²) in [5, 5.41) is 30.1. The molecule has 1 aliphatic carbocycles. The van der Waals surface area contributed by atoms with Crippen molar-refractivity contribution >= 4 is 12.0 Å². The number of carbonyl (C=O) groups excluding carboxylic acids is 1. The maximum absolute atomic E-state index is 11.7. The van der Waals surface area contributed by atoms with Gasteiger partial charge < -0.3 is 15.5 Å². The molecule has 0 unspecified atom stereocenters. The second-order valence-electron chi connectivity index (χ2n) is 4.17. The zero-order valence-corrected chi connectivity index (χ0v) is 9.55. The molecule has 0 bridgehead atoms. The molecular formula is C13H12N2O3. The fourth-order valence-electron chi connectivity index (χ4n) is 1.44. The SMILES string of the molecule is N#C/C(=C\c1ccc(O)c(O)c1)C(=O)NC1CC1. The quantitative estimate of drug-likeness (QED) is 0.424. The highest BCUT2D eigenvalue weighted by atomic mass is 16.3. The van der Waals surface area contributed by atoms with E-state index in [9.17, 15) is 9.90 Å². The summed E-state index contributed by atoms with van der Waals surface area (Å²) in [6.07, 6.45) is 3.27. The number of nitriles is 1. The molecule has 5 heteroatoms. The Bertz CT molecular complexity index is 554. The predicted molar refractivity (Wildman–Crippen MR) is 64.5 cm³/mol. The summed E-state index contributed by atoms with van der Waals surface area (Å²) >= 11 is 0. The molecule has 0 heterocycles.